The molecular formula is C19H31Cl2N5O2. The second-order valence-electron chi connectivity index (χ2n) is 6.93. The largest absolute Gasteiger partial charge is 0.384 e. The Bertz CT molecular complexity index is 669. The van der Waals surface area contributed by atoms with Crippen molar-refractivity contribution >= 4 is 42.5 Å². The van der Waals surface area contributed by atoms with Gasteiger partial charge in [-0.25, -0.2) is 0 Å². The Hall–Kier alpha value is -1.83. The fraction of sp³-hybridized carbons (Fsp3) is 0.526. The minimum absolute atomic E-state index is 0. The summed E-state index contributed by atoms with van der Waals surface area (Å²) >= 11 is 0. The van der Waals surface area contributed by atoms with Crippen molar-refractivity contribution in [2.24, 2.45) is 17.4 Å². The summed E-state index contributed by atoms with van der Waals surface area (Å²) in [5.41, 5.74) is 13.1. The molecule has 7 nitrogen and oxygen atoms in total. The van der Waals surface area contributed by atoms with Crippen LogP contribution >= 0.6 is 24.8 Å². The van der Waals surface area contributed by atoms with E-state index in [9.17, 15) is 9.59 Å². The van der Waals surface area contributed by atoms with Crippen LogP contribution in [0.15, 0.2) is 24.3 Å². The van der Waals surface area contributed by atoms with Crippen LogP contribution in [0.4, 0.5) is 0 Å². The molecule has 0 aliphatic carbocycles. The smallest absolute Gasteiger partial charge is 0.243 e. The molecule has 0 radical (unpaired) electrons. The third-order valence-electron chi connectivity index (χ3n) is 5.11. The van der Waals surface area contributed by atoms with Crippen LogP contribution < -0.4 is 16.8 Å². The van der Waals surface area contributed by atoms with E-state index in [0.29, 0.717) is 25.1 Å². The van der Waals surface area contributed by atoms with Gasteiger partial charge in [-0.1, -0.05) is 44.5 Å². The highest BCUT2D eigenvalue weighted by Crippen LogP contribution is 2.20. The number of amidine groups is 1. The number of likely N-dealkylation sites (tertiary alicyclic amines) is 1. The number of rotatable bonds is 7. The van der Waals surface area contributed by atoms with Gasteiger partial charge in [0, 0.05) is 18.7 Å². The van der Waals surface area contributed by atoms with E-state index < -0.39 is 12.1 Å². The average molecular weight is 432 g/mol. The number of carbonyl (C=O) groups excluding carboxylic acids is 2. The predicted molar refractivity (Wildman–Crippen MR) is 116 cm³/mol. The van der Waals surface area contributed by atoms with Crippen LogP contribution in [-0.2, 0) is 16.1 Å². The summed E-state index contributed by atoms with van der Waals surface area (Å²) in [4.78, 5) is 26.8. The normalized spacial score (nSPS) is 17.7. The lowest BCUT2D eigenvalue weighted by Crippen LogP contribution is -2.52. The third kappa shape index (κ3) is 6.36. The Balaban J connectivity index is 0.00000364. The second kappa shape index (κ2) is 11.9. The number of carbonyl (C=O) groups is 2. The predicted octanol–water partition coefficient (Wildman–Crippen LogP) is 1.79. The number of halogens is 2. The minimum atomic E-state index is -0.562. The van der Waals surface area contributed by atoms with Crippen molar-refractivity contribution in [3.05, 3.63) is 35.4 Å². The van der Waals surface area contributed by atoms with E-state index in [1.165, 1.54) is 0 Å². The maximum atomic E-state index is 12.6. The number of nitrogens with one attached hydrogen (secondary N) is 2. The Morgan fingerprint density at radius 3 is 2.43 bits per heavy atom. The van der Waals surface area contributed by atoms with Crippen LogP contribution in [0.5, 0.6) is 0 Å². The van der Waals surface area contributed by atoms with Gasteiger partial charge in [-0.15, -0.1) is 24.8 Å². The Morgan fingerprint density at radius 2 is 1.89 bits per heavy atom. The molecule has 0 unspecified atom stereocenters. The molecule has 0 saturated carbocycles. The van der Waals surface area contributed by atoms with Crippen molar-refractivity contribution in [1.82, 2.24) is 10.2 Å². The monoisotopic (exact) mass is 431 g/mol. The van der Waals surface area contributed by atoms with Gasteiger partial charge in [0.15, 0.2) is 0 Å². The first-order chi connectivity index (χ1) is 12.3. The van der Waals surface area contributed by atoms with Crippen LogP contribution in [0.1, 0.15) is 44.2 Å². The highest BCUT2D eigenvalue weighted by Gasteiger charge is 2.37. The van der Waals surface area contributed by atoms with Crippen LogP contribution in [0, 0.1) is 11.3 Å². The van der Waals surface area contributed by atoms with Crippen LogP contribution in [0.3, 0.4) is 0 Å². The van der Waals surface area contributed by atoms with E-state index in [2.05, 4.69) is 5.32 Å². The van der Waals surface area contributed by atoms with Crippen molar-refractivity contribution in [3.8, 4) is 0 Å². The molecule has 0 spiro atoms. The standard InChI is InChI=1S/C19H29N5O2.2ClH/c1-3-12(2)16(20)19(26)24-10-4-5-15(24)18(25)23-11-13-6-8-14(9-7-13)17(21)22;;/h6-9,12,15-16H,3-5,10-11,20H2,1-2H3,(H3,21,22)(H,23,25);2*1H/t12-,15+,16-;;/m1../s1. The molecule has 158 valence electrons. The van der Waals surface area contributed by atoms with Gasteiger partial charge >= 0.3 is 0 Å². The number of benzene rings is 1. The zero-order valence-electron chi connectivity index (χ0n) is 16.3. The van der Waals surface area contributed by atoms with E-state index in [0.717, 1.165) is 18.4 Å². The van der Waals surface area contributed by atoms with E-state index in [-0.39, 0.29) is 48.4 Å². The molecule has 6 N–H and O–H groups in total. The van der Waals surface area contributed by atoms with Gasteiger partial charge in [0.05, 0.1) is 6.04 Å². The molecule has 28 heavy (non-hydrogen) atoms. The molecule has 1 fully saturated rings. The number of hydrogen-bond acceptors (Lipinski definition) is 4. The number of nitrogen functional groups attached to an aromatic ring is 1. The van der Waals surface area contributed by atoms with Gasteiger partial charge in [0.2, 0.25) is 11.8 Å². The Morgan fingerprint density at radius 1 is 1.29 bits per heavy atom. The van der Waals surface area contributed by atoms with E-state index in [1.807, 2.05) is 26.0 Å². The van der Waals surface area contributed by atoms with Gasteiger partial charge in [-0.05, 0) is 24.3 Å². The number of hydrogen-bond donors (Lipinski definition) is 4. The van der Waals surface area contributed by atoms with Crippen LogP contribution in [0.2, 0.25) is 0 Å². The lowest BCUT2D eigenvalue weighted by molar-refractivity contribution is -0.140. The van der Waals surface area contributed by atoms with Crippen molar-refractivity contribution in [2.75, 3.05) is 6.54 Å². The number of amides is 2. The minimum Gasteiger partial charge on any atom is -0.384 e. The van der Waals surface area contributed by atoms with Crippen molar-refractivity contribution < 1.29 is 9.59 Å². The van der Waals surface area contributed by atoms with Gasteiger partial charge in [-0.2, -0.15) is 0 Å². The van der Waals surface area contributed by atoms with Crippen LogP contribution in [-0.4, -0.2) is 41.2 Å². The molecular weight excluding hydrogens is 401 g/mol. The summed E-state index contributed by atoms with van der Waals surface area (Å²) in [6.07, 6.45) is 2.30. The third-order valence-corrected chi connectivity index (χ3v) is 5.11. The SMILES string of the molecule is CC[C@@H](C)[C@@H](N)C(=O)N1CCC[C@H]1C(=O)NCc1ccc(C(=N)N)cc1.Cl.Cl. The van der Waals surface area contributed by atoms with Crippen molar-refractivity contribution in [1.29, 1.82) is 5.41 Å². The topological polar surface area (TPSA) is 125 Å². The molecule has 9 heteroatoms. The summed E-state index contributed by atoms with van der Waals surface area (Å²) < 4.78 is 0. The first-order valence-corrected chi connectivity index (χ1v) is 9.12. The molecule has 1 saturated heterocycles. The van der Waals surface area contributed by atoms with Gasteiger partial charge in [-0.3, -0.25) is 15.0 Å². The Kier molecular flexibility index (Phi) is 11.1. The summed E-state index contributed by atoms with van der Waals surface area (Å²) in [6.45, 7) is 4.91. The van der Waals surface area contributed by atoms with Crippen molar-refractivity contribution in [3.63, 3.8) is 0 Å². The quantitative estimate of drug-likeness (QED) is 0.387. The lowest BCUT2D eigenvalue weighted by Gasteiger charge is -2.28. The van der Waals surface area contributed by atoms with E-state index in [1.54, 1.807) is 17.0 Å². The lowest BCUT2D eigenvalue weighted by atomic mass is 9.98. The first kappa shape index (κ1) is 26.2. The molecule has 1 aliphatic heterocycles. The number of nitrogens with zero attached hydrogens (tertiary/aromatic N) is 1. The van der Waals surface area contributed by atoms with Crippen molar-refractivity contribution in [2.45, 2.75) is 51.7 Å². The molecule has 1 aliphatic rings. The highest BCUT2D eigenvalue weighted by molar-refractivity contribution is 5.95. The zero-order chi connectivity index (χ0) is 19.3. The van der Waals surface area contributed by atoms with E-state index in [4.69, 9.17) is 16.9 Å². The summed E-state index contributed by atoms with van der Waals surface area (Å²) in [6, 6.07) is 6.14. The summed E-state index contributed by atoms with van der Waals surface area (Å²) in [5.74, 6) is -0.185. The van der Waals surface area contributed by atoms with E-state index >= 15 is 0 Å². The average Bonchev–Trinajstić information content (AvgIpc) is 3.14. The fourth-order valence-corrected chi connectivity index (χ4v) is 3.10. The second-order valence-corrected chi connectivity index (χ2v) is 6.93. The summed E-state index contributed by atoms with van der Waals surface area (Å²) in [5, 5.41) is 10.3. The molecule has 2 rings (SSSR count). The molecule has 0 bridgehead atoms. The molecule has 1 heterocycles. The summed E-state index contributed by atoms with van der Waals surface area (Å²) in [7, 11) is 0. The molecule has 2 amide bonds. The highest BCUT2D eigenvalue weighted by atomic mass is 35.5. The van der Waals surface area contributed by atoms with Gasteiger partial charge in [0.1, 0.15) is 11.9 Å². The number of nitrogens with two attached hydrogens (primary N) is 2. The zero-order valence-corrected chi connectivity index (χ0v) is 17.9. The van der Waals surface area contributed by atoms with Gasteiger partial charge < -0.3 is 21.7 Å². The molecule has 3 atom stereocenters. The first-order valence-electron chi connectivity index (χ1n) is 9.12. The maximum Gasteiger partial charge on any atom is 0.243 e. The molecule has 1 aromatic carbocycles. The molecule has 0 aromatic heterocycles. The molecule has 1 aromatic rings. The van der Waals surface area contributed by atoms with Gasteiger partial charge in [0.25, 0.3) is 0 Å². The van der Waals surface area contributed by atoms with Crippen LogP contribution in [0.25, 0.3) is 0 Å². The maximum absolute atomic E-state index is 12.6. The fourth-order valence-electron chi connectivity index (χ4n) is 3.10. The Labute approximate surface area is 178 Å².